The molecule has 0 radical (unpaired) electrons. The van der Waals surface area contributed by atoms with Gasteiger partial charge in [-0.2, -0.15) is 0 Å². The monoisotopic (exact) mass is 216 g/mol. The molecule has 0 amide bonds. The Morgan fingerprint density at radius 3 is 1.67 bits per heavy atom. The lowest BCUT2D eigenvalue weighted by Crippen LogP contribution is -2.42. The minimum absolute atomic E-state index is 0.116. The Hall–Kier alpha value is -0.0800. The van der Waals surface area contributed by atoms with Crippen LogP contribution in [0.3, 0.4) is 0 Å². The van der Waals surface area contributed by atoms with Crippen LogP contribution >= 0.6 is 0 Å². The van der Waals surface area contributed by atoms with Crippen LogP contribution in [0.1, 0.15) is 61.8 Å². The molecule has 0 bridgehead atoms. The van der Waals surface area contributed by atoms with E-state index in [9.17, 15) is 5.11 Å². The fourth-order valence-corrected chi connectivity index (χ4v) is 1.61. The van der Waals surface area contributed by atoms with Crippen molar-refractivity contribution in [2.45, 2.75) is 79.1 Å². The van der Waals surface area contributed by atoms with E-state index in [1.54, 1.807) is 0 Å². The summed E-state index contributed by atoms with van der Waals surface area (Å²) in [6, 6.07) is 0. The fraction of sp³-hybridized carbons (Fsp3) is 1.00. The van der Waals surface area contributed by atoms with Crippen LogP contribution in [0.4, 0.5) is 0 Å². The van der Waals surface area contributed by atoms with E-state index in [0.29, 0.717) is 0 Å². The zero-order chi connectivity index (χ0) is 12.5. The molecular formula is C13H28O2. The summed E-state index contributed by atoms with van der Waals surface area (Å²) in [6.07, 6.45) is 1.01. The Bertz CT molecular complexity index is 194. The number of aliphatic hydroxyl groups is 1. The summed E-state index contributed by atoms with van der Waals surface area (Å²) in [5.41, 5.74) is -0.935. The van der Waals surface area contributed by atoms with Gasteiger partial charge in [0.15, 0.2) is 0 Å². The zero-order valence-electron chi connectivity index (χ0n) is 11.6. The van der Waals surface area contributed by atoms with Crippen molar-refractivity contribution in [1.29, 1.82) is 0 Å². The van der Waals surface area contributed by atoms with E-state index in [2.05, 4.69) is 41.5 Å². The summed E-state index contributed by atoms with van der Waals surface area (Å²) in [5.74, 6) is 0. The van der Waals surface area contributed by atoms with E-state index in [0.717, 1.165) is 6.42 Å². The van der Waals surface area contributed by atoms with Gasteiger partial charge in [0.1, 0.15) is 0 Å². The molecule has 0 aromatic carbocycles. The van der Waals surface area contributed by atoms with Crippen LogP contribution < -0.4 is 0 Å². The molecule has 0 fully saturated rings. The van der Waals surface area contributed by atoms with Gasteiger partial charge < -0.3 is 9.84 Å². The van der Waals surface area contributed by atoms with E-state index in [-0.39, 0.29) is 17.1 Å². The van der Waals surface area contributed by atoms with Crippen molar-refractivity contribution < 1.29 is 9.84 Å². The average Bonchev–Trinajstić information content (AvgIpc) is 1.75. The van der Waals surface area contributed by atoms with Crippen molar-refractivity contribution in [3.8, 4) is 0 Å². The second kappa shape index (κ2) is 4.42. The lowest BCUT2D eigenvalue weighted by atomic mass is 9.73. The molecule has 1 unspecified atom stereocenters. The van der Waals surface area contributed by atoms with Crippen LogP contribution in [-0.2, 0) is 4.74 Å². The normalized spacial score (nSPS) is 16.6. The quantitative estimate of drug-likeness (QED) is 0.780. The molecule has 0 rings (SSSR count). The topological polar surface area (TPSA) is 29.5 Å². The molecular weight excluding hydrogens is 188 g/mol. The molecule has 0 saturated carbocycles. The molecule has 15 heavy (non-hydrogen) atoms. The van der Waals surface area contributed by atoms with Gasteiger partial charge in [-0.15, -0.1) is 0 Å². The number of hydrogen-bond donors (Lipinski definition) is 1. The summed E-state index contributed by atoms with van der Waals surface area (Å²) < 4.78 is 5.86. The Balaban J connectivity index is 4.36. The minimum atomic E-state index is -0.678. The van der Waals surface area contributed by atoms with E-state index in [1.165, 1.54) is 0 Å². The fourth-order valence-electron chi connectivity index (χ4n) is 1.61. The molecule has 2 nitrogen and oxygen atoms in total. The second-order valence-corrected chi connectivity index (χ2v) is 6.69. The Labute approximate surface area is 95.0 Å². The van der Waals surface area contributed by atoms with Crippen LogP contribution in [0.2, 0.25) is 0 Å². The number of rotatable bonds is 4. The standard InChI is InChI=1S/C13H28O2/c1-10(15-11(2,3)4)9-12(5,6)13(7,8)14/h10,14H,9H2,1-8H3. The van der Waals surface area contributed by atoms with E-state index in [1.807, 2.05) is 13.8 Å². The van der Waals surface area contributed by atoms with Gasteiger partial charge in [0.25, 0.3) is 0 Å². The first-order chi connectivity index (χ1) is 6.35. The van der Waals surface area contributed by atoms with Crippen LogP contribution in [0.15, 0.2) is 0 Å². The maximum Gasteiger partial charge on any atom is 0.0643 e. The van der Waals surface area contributed by atoms with E-state index >= 15 is 0 Å². The smallest absolute Gasteiger partial charge is 0.0643 e. The highest BCUT2D eigenvalue weighted by atomic mass is 16.5. The van der Waals surface area contributed by atoms with E-state index in [4.69, 9.17) is 4.74 Å². The van der Waals surface area contributed by atoms with Gasteiger partial charge in [0.2, 0.25) is 0 Å². The van der Waals surface area contributed by atoms with Crippen LogP contribution in [0, 0.1) is 5.41 Å². The van der Waals surface area contributed by atoms with E-state index < -0.39 is 5.60 Å². The maximum atomic E-state index is 10.0. The van der Waals surface area contributed by atoms with Gasteiger partial charge in [-0.05, 0) is 53.4 Å². The van der Waals surface area contributed by atoms with Crippen molar-refractivity contribution in [2.75, 3.05) is 0 Å². The summed E-state index contributed by atoms with van der Waals surface area (Å²) >= 11 is 0. The molecule has 0 aliphatic heterocycles. The van der Waals surface area contributed by atoms with Crippen molar-refractivity contribution in [2.24, 2.45) is 5.41 Å². The largest absolute Gasteiger partial charge is 0.390 e. The molecule has 0 aliphatic rings. The van der Waals surface area contributed by atoms with Gasteiger partial charge in [0, 0.05) is 0 Å². The van der Waals surface area contributed by atoms with Crippen molar-refractivity contribution in [3.63, 3.8) is 0 Å². The van der Waals surface area contributed by atoms with Gasteiger partial charge in [0.05, 0.1) is 17.3 Å². The van der Waals surface area contributed by atoms with Gasteiger partial charge in [-0.25, -0.2) is 0 Å². The SMILES string of the molecule is CC(CC(C)(C)C(C)(C)O)OC(C)(C)C. The third-order valence-electron chi connectivity index (χ3n) is 3.01. The first kappa shape index (κ1) is 14.9. The number of hydrogen-bond acceptors (Lipinski definition) is 2. The summed E-state index contributed by atoms with van der Waals surface area (Å²) in [5, 5.41) is 10.0. The van der Waals surface area contributed by atoms with Gasteiger partial charge in [-0.1, -0.05) is 13.8 Å². The zero-order valence-corrected chi connectivity index (χ0v) is 11.6. The molecule has 0 aliphatic carbocycles. The first-order valence-corrected chi connectivity index (χ1v) is 5.75. The highest BCUT2D eigenvalue weighted by molar-refractivity contribution is 4.87. The summed E-state index contributed by atoms with van der Waals surface area (Å²) in [7, 11) is 0. The van der Waals surface area contributed by atoms with Crippen molar-refractivity contribution in [1.82, 2.24) is 0 Å². The molecule has 1 atom stereocenters. The van der Waals surface area contributed by atoms with Gasteiger partial charge in [-0.3, -0.25) is 0 Å². The first-order valence-electron chi connectivity index (χ1n) is 5.75. The predicted molar refractivity (Wildman–Crippen MR) is 65.0 cm³/mol. The molecule has 0 saturated heterocycles. The molecule has 0 heterocycles. The third-order valence-corrected chi connectivity index (χ3v) is 3.01. The Morgan fingerprint density at radius 2 is 1.40 bits per heavy atom. The number of ether oxygens (including phenoxy) is 1. The Morgan fingerprint density at radius 1 is 1.00 bits per heavy atom. The van der Waals surface area contributed by atoms with Gasteiger partial charge >= 0.3 is 0 Å². The van der Waals surface area contributed by atoms with Crippen LogP contribution in [0.5, 0.6) is 0 Å². The molecule has 0 aromatic rings. The summed E-state index contributed by atoms with van der Waals surface area (Å²) in [4.78, 5) is 0. The molecule has 0 aromatic heterocycles. The molecule has 0 spiro atoms. The third kappa shape index (κ3) is 5.53. The predicted octanol–water partition coefficient (Wildman–Crippen LogP) is 3.38. The highest BCUT2D eigenvalue weighted by Crippen LogP contribution is 2.36. The van der Waals surface area contributed by atoms with Crippen molar-refractivity contribution in [3.05, 3.63) is 0 Å². The van der Waals surface area contributed by atoms with Crippen molar-refractivity contribution >= 4 is 0 Å². The highest BCUT2D eigenvalue weighted by Gasteiger charge is 2.36. The second-order valence-electron chi connectivity index (χ2n) is 6.69. The maximum absolute atomic E-state index is 10.0. The molecule has 2 heteroatoms. The van der Waals surface area contributed by atoms with Crippen LogP contribution in [0.25, 0.3) is 0 Å². The average molecular weight is 216 g/mol. The molecule has 1 N–H and O–H groups in total. The lowest BCUT2D eigenvalue weighted by molar-refractivity contribution is -0.103. The molecule has 92 valence electrons. The van der Waals surface area contributed by atoms with Crippen LogP contribution in [-0.4, -0.2) is 22.4 Å². The lowest BCUT2D eigenvalue weighted by Gasteiger charge is -2.40. The Kier molecular flexibility index (Phi) is 4.40. The minimum Gasteiger partial charge on any atom is -0.390 e. The summed E-state index contributed by atoms with van der Waals surface area (Å²) in [6.45, 7) is 16.1.